The highest BCUT2D eigenvalue weighted by molar-refractivity contribution is 6.30. The Hall–Kier alpha value is -3.21. The van der Waals surface area contributed by atoms with Crippen LogP contribution in [0.4, 0.5) is 0 Å². The second-order valence-corrected chi connectivity index (χ2v) is 8.52. The smallest absolute Gasteiger partial charge is 0.367 e. The number of carbonyl (C=O) groups excluding carboxylic acids is 2. The van der Waals surface area contributed by atoms with Crippen molar-refractivity contribution in [3.8, 4) is 0 Å². The van der Waals surface area contributed by atoms with E-state index in [2.05, 4.69) is 14.7 Å². The van der Waals surface area contributed by atoms with Crippen LogP contribution in [0, 0.1) is 5.41 Å². The van der Waals surface area contributed by atoms with Gasteiger partial charge in [-0.1, -0.05) is 23.7 Å². The molecule has 0 aliphatic heterocycles. The van der Waals surface area contributed by atoms with Crippen molar-refractivity contribution >= 4 is 35.5 Å². The van der Waals surface area contributed by atoms with Crippen molar-refractivity contribution in [1.29, 1.82) is 5.41 Å². The Labute approximate surface area is 229 Å². The molecule has 0 radical (unpaired) electrons. The van der Waals surface area contributed by atoms with Crippen LogP contribution < -0.4 is 11.5 Å². The number of rotatable bonds is 11. The molecule has 8 unspecified atom stereocenters. The minimum Gasteiger partial charge on any atom is -0.394 e. The molecule has 0 aliphatic rings. The lowest BCUT2D eigenvalue weighted by atomic mass is 9.84. The van der Waals surface area contributed by atoms with Crippen molar-refractivity contribution < 1.29 is 70.3 Å². The van der Waals surface area contributed by atoms with Crippen LogP contribution in [-0.2, 0) is 24.9 Å². The van der Waals surface area contributed by atoms with Gasteiger partial charge in [0.2, 0.25) is 0 Å². The van der Waals surface area contributed by atoms with Crippen LogP contribution in [0.15, 0.2) is 29.3 Å². The first-order valence-corrected chi connectivity index (χ1v) is 11.3. The minimum absolute atomic E-state index is 0.197. The summed E-state index contributed by atoms with van der Waals surface area (Å²) in [7, 11) is 0. The average molecular weight is 600 g/mol. The van der Waals surface area contributed by atoms with E-state index in [1.54, 1.807) is 0 Å². The number of carbonyl (C=O) groups is 2. The van der Waals surface area contributed by atoms with Crippen molar-refractivity contribution in [3.63, 3.8) is 0 Å². The van der Waals surface area contributed by atoms with Gasteiger partial charge in [-0.15, -0.1) is 0 Å². The molecule has 8 atom stereocenters. The molecular formula is C20H30ClN5O14. The molecule has 0 saturated carbocycles. The molecule has 0 heterocycles. The van der Waals surface area contributed by atoms with E-state index in [1.165, 1.54) is 12.1 Å². The predicted molar refractivity (Wildman–Crippen MR) is 129 cm³/mol. The number of guanidine groups is 2. The van der Waals surface area contributed by atoms with E-state index in [9.17, 15) is 55.5 Å². The van der Waals surface area contributed by atoms with E-state index in [4.69, 9.17) is 33.6 Å². The SMILES string of the molecule is N=C(N=C(N)N)N(OC(=O)C(O)C(O)C(O)C(O)CO)OC(=O)C(O)C(O)C(O)C(O)(CO)c1ccc(Cl)cc1. The fraction of sp³-hybridized carbons (Fsp3) is 0.500. The molecule has 20 heteroatoms. The van der Waals surface area contributed by atoms with Crippen LogP contribution >= 0.6 is 11.6 Å². The molecule has 1 rings (SSSR count). The summed E-state index contributed by atoms with van der Waals surface area (Å²) in [6.07, 6.45) is -17.4. The largest absolute Gasteiger partial charge is 0.394 e. The summed E-state index contributed by atoms with van der Waals surface area (Å²) in [6, 6.07) is 4.84. The van der Waals surface area contributed by atoms with Gasteiger partial charge in [0.25, 0.3) is 5.96 Å². The maximum Gasteiger partial charge on any atom is 0.367 e. The number of aliphatic hydroxyl groups is 10. The summed E-state index contributed by atoms with van der Waals surface area (Å²) < 4.78 is 0. The molecule has 15 N–H and O–H groups in total. The monoisotopic (exact) mass is 599 g/mol. The predicted octanol–water partition coefficient (Wildman–Crippen LogP) is -6.53. The van der Waals surface area contributed by atoms with Crippen LogP contribution in [0.1, 0.15) is 5.56 Å². The van der Waals surface area contributed by atoms with E-state index in [0.717, 1.165) is 12.1 Å². The van der Waals surface area contributed by atoms with Gasteiger partial charge >= 0.3 is 11.9 Å². The van der Waals surface area contributed by atoms with Crippen LogP contribution in [0.5, 0.6) is 0 Å². The number of hydroxylamine groups is 2. The van der Waals surface area contributed by atoms with E-state index < -0.39 is 90.6 Å². The highest BCUT2D eigenvalue weighted by atomic mass is 35.5. The second kappa shape index (κ2) is 15.0. The van der Waals surface area contributed by atoms with Crippen molar-refractivity contribution in [1.82, 2.24) is 5.23 Å². The number of nitrogens with one attached hydrogen (secondary N) is 1. The van der Waals surface area contributed by atoms with Crippen molar-refractivity contribution in [2.24, 2.45) is 16.5 Å². The van der Waals surface area contributed by atoms with E-state index in [-0.39, 0.29) is 10.6 Å². The number of hydrogen-bond acceptors (Lipinski definition) is 15. The number of aliphatic hydroxyl groups excluding tert-OH is 9. The standard InChI is InChI=1S/C20H30ClN5O14/c21-8-3-1-7(2-4-8)20(38,6-28)15(35)12(32)14(34)17(37)40-26(19(24)25-18(22)23)39-16(36)13(33)11(31)10(30)9(29)5-27/h1-4,9-15,27-35,38H,5-6H2,(H5,22,23,24,25). The van der Waals surface area contributed by atoms with Crippen molar-refractivity contribution in [2.45, 2.75) is 48.3 Å². The third-order valence-corrected chi connectivity index (χ3v) is 5.46. The third kappa shape index (κ3) is 8.64. The number of benzene rings is 1. The second-order valence-electron chi connectivity index (χ2n) is 8.08. The summed E-state index contributed by atoms with van der Waals surface area (Å²) in [6.45, 7) is -2.32. The molecule has 0 aliphatic carbocycles. The first-order chi connectivity index (χ1) is 18.5. The Morgan fingerprint density at radius 1 is 0.925 bits per heavy atom. The fourth-order valence-electron chi connectivity index (χ4n) is 2.89. The quantitative estimate of drug-likeness (QED) is 0.0638. The summed E-state index contributed by atoms with van der Waals surface area (Å²) >= 11 is 5.75. The van der Waals surface area contributed by atoms with Crippen molar-refractivity contribution in [2.75, 3.05) is 13.2 Å². The normalized spacial score (nSPS) is 18.1. The molecule has 0 amide bonds. The van der Waals surface area contributed by atoms with Crippen LogP contribution in [0.2, 0.25) is 5.02 Å². The van der Waals surface area contributed by atoms with Gasteiger partial charge in [-0.25, -0.2) is 9.59 Å². The van der Waals surface area contributed by atoms with Gasteiger partial charge in [-0.05, 0) is 17.7 Å². The lowest BCUT2D eigenvalue weighted by molar-refractivity contribution is -0.296. The van der Waals surface area contributed by atoms with Gasteiger partial charge in [0, 0.05) is 10.2 Å². The third-order valence-electron chi connectivity index (χ3n) is 5.21. The van der Waals surface area contributed by atoms with Crippen LogP contribution in [0.3, 0.4) is 0 Å². The van der Waals surface area contributed by atoms with Gasteiger partial charge in [-0.2, -0.15) is 4.99 Å². The van der Waals surface area contributed by atoms with E-state index in [1.807, 2.05) is 0 Å². The molecule has 0 saturated heterocycles. The number of hydrogen-bond donors (Lipinski definition) is 13. The summed E-state index contributed by atoms with van der Waals surface area (Å²) in [5.41, 5.74) is 7.32. The van der Waals surface area contributed by atoms with E-state index >= 15 is 0 Å². The Bertz CT molecular complexity index is 1040. The topological polar surface area (TPSA) is 346 Å². The highest BCUT2D eigenvalue weighted by Crippen LogP contribution is 2.29. The fourth-order valence-corrected chi connectivity index (χ4v) is 3.02. The molecule has 19 nitrogen and oxygen atoms in total. The van der Waals surface area contributed by atoms with Gasteiger partial charge in [0.05, 0.1) is 13.2 Å². The molecule has 1 aromatic rings. The number of aliphatic imine (C=N–C) groups is 1. The highest BCUT2D eigenvalue weighted by Gasteiger charge is 2.46. The van der Waals surface area contributed by atoms with Gasteiger partial charge < -0.3 is 62.5 Å². The maximum absolute atomic E-state index is 12.4. The van der Waals surface area contributed by atoms with Gasteiger partial charge in [0.15, 0.2) is 18.2 Å². The minimum atomic E-state index is -2.79. The Kier molecular flexibility index (Phi) is 13.0. The van der Waals surface area contributed by atoms with Crippen LogP contribution in [-0.4, -0.2) is 136 Å². The Balaban J connectivity index is 3.14. The zero-order valence-electron chi connectivity index (χ0n) is 20.3. The number of nitrogens with two attached hydrogens (primary N) is 2. The van der Waals surface area contributed by atoms with Crippen LogP contribution in [0.25, 0.3) is 0 Å². The molecule has 0 fully saturated rings. The molecule has 0 spiro atoms. The summed E-state index contributed by atoms with van der Waals surface area (Å²) in [5.74, 6) is -6.23. The van der Waals surface area contributed by atoms with Gasteiger partial charge in [-0.3, -0.25) is 15.1 Å². The lowest BCUT2D eigenvalue weighted by Gasteiger charge is -2.35. The van der Waals surface area contributed by atoms with Gasteiger partial charge in [0.1, 0.15) is 36.1 Å². The summed E-state index contributed by atoms with van der Waals surface area (Å²) in [4.78, 5) is 36.5. The molecule has 0 aromatic heterocycles. The molecule has 0 bridgehead atoms. The summed E-state index contributed by atoms with van der Waals surface area (Å²) in [5, 5.41) is 106. The molecule has 40 heavy (non-hydrogen) atoms. The zero-order valence-corrected chi connectivity index (χ0v) is 21.1. The Morgan fingerprint density at radius 2 is 1.40 bits per heavy atom. The lowest BCUT2D eigenvalue weighted by Crippen LogP contribution is -2.55. The van der Waals surface area contributed by atoms with E-state index in [0.29, 0.717) is 0 Å². The first-order valence-electron chi connectivity index (χ1n) is 10.9. The first kappa shape index (κ1) is 34.8. The average Bonchev–Trinajstić information content (AvgIpc) is 2.93. The Morgan fingerprint density at radius 3 is 1.82 bits per heavy atom. The number of halogens is 1. The molecule has 226 valence electrons. The molecular weight excluding hydrogens is 570 g/mol. The maximum atomic E-state index is 12.4. The zero-order chi connectivity index (χ0) is 30.9. The van der Waals surface area contributed by atoms with Crippen molar-refractivity contribution in [3.05, 3.63) is 34.9 Å². The number of nitrogens with zero attached hydrogens (tertiary/aromatic N) is 2. The molecule has 1 aromatic carbocycles.